The van der Waals surface area contributed by atoms with Crippen molar-refractivity contribution in [2.24, 2.45) is 5.10 Å². The molecule has 1 N–H and O–H groups in total. The summed E-state index contributed by atoms with van der Waals surface area (Å²) in [5, 5.41) is 12.9. The fourth-order valence-electron chi connectivity index (χ4n) is 2.83. The molecule has 0 aliphatic heterocycles. The number of hydrazone groups is 1. The minimum absolute atomic E-state index is 0.00102. The van der Waals surface area contributed by atoms with Crippen LogP contribution in [0.4, 0.5) is 5.69 Å². The van der Waals surface area contributed by atoms with Crippen LogP contribution in [0, 0.1) is 11.3 Å². The zero-order chi connectivity index (χ0) is 24.6. The van der Waals surface area contributed by atoms with Crippen LogP contribution >= 0.6 is 23.2 Å². The number of carbonyl (C=O) groups is 1. The number of carbonyl (C=O) groups excluding carboxylic acids is 1. The van der Waals surface area contributed by atoms with Crippen molar-refractivity contribution in [3.05, 3.63) is 88.4 Å². The smallest absolute Gasteiger partial charge is 0.264 e. The number of anilines is 1. The van der Waals surface area contributed by atoms with E-state index in [-0.39, 0.29) is 27.2 Å². The van der Waals surface area contributed by atoms with Gasteiger partial charge in [-0.3, -0.25) is 9.10 Å². The monoisotopic (exact) mass is 516 g/mol. The second kappa shape index (κ2) is 11.5. The molecule has 3 aromatic rings. The van der Waals surface area contributed by atoms with Crippen LogP contribution in [0.15, 0.2) is 82.8 Å². The Kier molecular flexibility index (Phi) is 8.49. The van der Waals surface area contributed by atoms with E-state index >= 15 is 0 Å². The van der Waals surface area contributed by atoms with E-state index in [0.29, 0.717) is 11.3 Å². The van der Waals surface area contributed by atoms with Crippen LogP contribution in [0.25, 0.3) is 0 Å². The summed E-state index contributed by atoms with van der Waals surface area (Å²) in [6.45, 7) is -0.629. The van der Waals surface area contributed by atoms with E-state index in [1.165, 1.54) is 36.5 Å². The Labute approximate surface area is 207 Å². The van der Waals surface area contributed by atoms with Gasteiger partial charge in [-0.1, -0.05) is 41.4 Å². The molecule has 34 heavy (non-hydrogen) atoms. The highest BCUT2D eigenvalue weighted by Crippen LogP contribution is 2.29. The van der Waals surface area contributed by atoms with Gasteiger partial charge in [0.2, 0.25) is 0 Å². The summed E-state index contributed by atoms with van der Waals surface area (Å²) in [5.74, 6) is -0.162. The van der Waals surface area contributed by atoms with Crippen molar-refractivity contribution < 1.29 is 17.9 Å². The first-order valence-corrected chi connectivity index (χ1v) is 11.9. The number of nitriles is 1. The number of nitrogens with zero attached hydrogens (tertiary/aromatic N) is 3. The molecule has 0 aliphatic rings. The molecule has 0 spiro atoms. The second-order valence-corrected chi connectivity index (χ2v) is 9.50. The third kappa shape index (κ3) is 6.71. The lowest BCUT2D eigenvalue weighted by atomic mass is 10.2. The Morgan fingerprint density at radius 2 is 1.71 bits per heavy atom. The molecule has 0 aromatic heterocycles. The molecule has 3 aromatic carbocycles. The largest absolute Gasteiger partial charge is 0.479 e. The summed E-state index contributed by atoms with van der Waals surface area (Å²) in [6, 6.07) is 20.5. The summed E-state index contributed by atoms with van der Waals surface area (Å²) in [6.07, 6.45) is 1.39. The minimum Gasteiger partial charge on any atom is -0.479 e. The van der Waals surface area contributed by atoms with Crippen molar-refractivity contribution in [3.63, 3.8) is 0 Å². The quantitative estimate of drug-likeness (QED) is 0.337. The van der Waals surface area contributed by atoms with Crippen molar-refractivity contribution in [3.8, 4) is 11.8 Å². The van der Waals surface area contributed by atoms with Gasteiger partial charge >= 0.3 is 0 Å². The Morgan fingerprint density at radius 3 is 2.32 bits per heavy atom. The van der Waals surface area contributed by atoms with E-state index in [1.807, 2.05) is 6.07 Å². The van der Waals surface area contributed by atoms with Gasteiger partial charge in [0.25, 0.3) is 15.9 Å². The lowest BCUT2D eigenvalue weighted by Gasteiger charge is -2.24. The molecule has 0 radical (unpaired) electrons. The van der Waals surface area contributed by atoms with Gasteiger partial charge in [-0.05, 0) is 60.2 Å². The maximum absolute atomic E-state index is 13.3. The van der Waals surface area contributed by atoms with Crippen LogP contribution < -0.4 is 14.5 Å². The van der Waals surface area contributed by atoms with Crippen LogP contribution in [0.2, 0.25) is 10.0 Å². The molecule has 0 saturated heterocycles. The Morgan fingerprint density at radius 1 is 1.06 bits per heavy atom. The maximum atomic E-state index is 13.3. The number of halogens is 2. The highest BCUT2D eigenvalue weighted by molar-refractivity contribution is 7.92. The zero-order valence-corrected chi connectivity index (χ0v) is 19.9. The molecule has 174 valence electrons. The van der Waals surface area contributed by atoms with Crippen LogP contribution in [-0.2, 0) is 14.8 Å². The molecule has 1 amide bonds. The van der Waals surface area contributed by atoms with Gasteiger partial charge in [0.15, 0.2) is 6.61 Å². The highest BCUT2D eigenvalue weighted by Gasteiger charge is 2.27. The van der Waals surface area contributed by atoms with Gasteiger partial charge in [-0.15, -0.1) is 0 Å². The molecule has 0 heterocycles. The molecule has 0 unspecified atom stereocenters. The third-order valence-electron chi connectivity index (χ3n) is 4.34. The van der Waals surface area contributed by atoms with E-state index in [4.69, 9.17) is 33.2 Å². The zero-order valence-electron chi connectivity index (χ0n) is 17.6. The number of sulfonamides is 1. The molecule has 0 fully saturated rings. The normalized spacial score (nSPS) is 11.1. The molecule has 0 atom stereocenters. The number of amides is 1. The second-order valence-electron chi connectivity index (χ2n) is 6.76. The number of nitrogens with one attached hydrogen (secondary N) is 1. The molecule has 0 saturated carbocycles. The number of ether oxygens (including phenoxy) is 1. The van der Waals surface area contributed by atoms with Crippen LogP contribution in [0.3, 0.4) is 0 Å². The van der Waals surface area contributed by atoms with Gasteiger partial charge < -0.3 is 4.74 Å². The number of rotatable bonds is 9. The maximum Gasteiger partial charge on any atom is 0.264 e. The first-order chi connectivity index (χ1) is 16.3. The molecular weight excluding hydrogens is 499 g/mol. The molecule has 8 nitrogen and oxygen atoms in total. The predicted molar refractivity (Wildman–Crippen MR) is 131 cm³/mol. The lowest BCUT2D eigenvalue weighted by molar-refractivity contribution is -0.119. The van der Waals surface area contributed by atoms with Crippen molar-refractivity contribution in [1.82, 2.24) is 5.43 Å². The van der Waals surface area contributed by atoms with E-state index in [1.54, 1.807) is 42.5 Å². The van der Waals surface area contributed by atoms with Crippen molar-refractivity contribution in [2.75, 3.05) is 17.5 Å². The summed E-state index contributed by atoms with van der Waals surface area (Å²) in [7, 11) is -4.11. The van der Waals surface area contributed by atoms with E-state index < -0.39 is 22.5 Å². The highest BCUT2D eigenvalue weighted by atomic mass is 35.5. The van der Waals surface area contributed by atoms with Gasteiger partial charge in [0.1, 0.15) is 18.4 Å². The van der Waals surface area contributed by atoms with Gasteiger partial charge in [0, 0.05) is 10.0 Å². The number of benzene rings is 3. The standard InChI is InChI=1S/C23H18Cl2N4O4S/c24-18-12-19(25)14-20(13-18)29(34(31,32)22-4-2-1-3-5-22)16-23(30)28-27-15-17-6-8-21(9-7-17)33-11-10-26/h1-9,12-15H,11,16H2,(H,28,30)/b27-15-. The fourth-order valence-corrected chi connectivity index (χ4v) is 4.77. The lowest BCUT2D eigenvalue weighted by Crippen LogP contribution is -2.39. The number of hydrogen-bond acceptors (Lipinski definition) is 6. The summed E-state index contributed by atoms with van der Waals surface area (Å²) in [5.41, 5.74) is 3.10. The van der Waals surface area contributed by atoms with Crippen LogP contribution in [-0.4, -0.2) is 33.7 Å². The van der Waals surface area contributed by atoms with Crippen LogP contribution in [0.5, 0.6) is 5.75 Å². The van der Waals surface area contributed by atoms with Gasteiger partial charge in [0.05, 0.1) is 16.8 Å². The number of hydrogen-bond donors (Lipinski definition) is 1. The van der Waals surface area contributed by atoms with E-state index in [2.05, 4.69) is 10.5 Å². The summed E-state index contributed by atoms with van der Waals surface area (Å²) < 4.78 is 32.6. The van der Waals surface area contributed by atoms with Crippen molar-refractivity contribution in [2.45, 2.75) is 4.90 Å². The summed E-state index contributed by atoms with van der Waals surface area (Å²) in [4.78, 5) is 12.6. The topological polar surface area (TPSA) is 112 Å². The van der Waals surface area contributed by atoms with E-state index in [9.17, 15) is 13.2 Å². The van der Waals surface area contributed by atoms with E-state index in [0.717, 1.165) is 4.31 Å². The minimum atomic E-state index is -4.11. The predicted octanol–water partition coefficient (Wildman–Crippen LogP) is 4.24. The fraction of sp³-hybridized carbons (Fsp3) is 0.0870. The molecule has 0 bridgehead atoms. The van der Waals surface area contributed by atoms with Crippen LogP contribution in [0.1, 0.15) is 5.56 Å². The molecule has 11 heteroatoms. The SMILES string of the molecule is N#CCOc1ccc(/C=N\NC(=O)CN(c2cc(Cl)cc(Cl)c2)S(=O)(=O)c2ccccc2)cc1. The Bertz CT molecular complexity index is 1310. The average molecular weight is 517 g/mol. The molecule has 0 aliphatic carbocycles. The molecular formula is C23H18Cl2N4O4S. The van der Waals surface area contributed by atoms with Crippen molar-refractivity contribution in [1.29, 1.82) is 5.26 Å². The van der Waals surface area contributed by atoms with Crippen molar-refractivity contribution >= 4 is 51.0 Å². The average Bonchev–Trinajstić information content (AvgIpc) is 2.82. The van der Waals surface area contributed by atoms with Gasteiger partial charge in [-0.2, -0.15) is 10.4 Å². The Balaban J connectivity index is 1.78. The first kappa shape index (κ1) is 25.1. The first-order valence-electron chi connectivity index (χ1n) is 9.75. The third-order valence-corrected chi connectivity index (χ3v) is 6.56. The summed E-state index contributed by atoms with van der Waals surface area (Å²) >= 11 is 12.1. The Hall–Kier alpha value is -3.58. The molecule has 3 rings (SSSR count). The van der Waals surface area contributed by atoms with Gasteiger partial charge in [-0.25, -0.2) is 13.8 Å².